The number of aromatic nitrogens is 1. The molecule has 0 bridgehead atoms. The van der Waals surface area contributed by atoms with Crippen molar-refractivity contribution in [2.75, 3.05) is 5.32 Å². The van der Waals surface area contributed by atoms with Gasteiger partial charge in [0.1, 0.15) is 5.69 Å². The molecule has 104 valence electrons. The highest BCUT2D eigenvalue weighted by Gasteiger charge is 2.16. The zero-order chi connectivity index (χ0) is 14.9. The number of aryl methyl sites for hydroxylation is 1. The summed E-state index contributed by atoms with van der Waals surface area (Å²) in [6.45, 7) is 0. The van der Waals surface area contributed by atoms with Gasteiger partial charge in [-0.25, -0.2) is 4.79 Å². The Bertz CT molecular complexity index is 697. The van der Waals surface area contributed by atoms with Crippen LogP contribution in [-0.2, 0) is 7.05 Å². The van der Waals surface area contributed by atoms with Gasteiger partial charge in [-0.1, -0.05) is 11.6 Å². The van der Waals surface area contributed by atoms with E-state index in [0.717, 1.165) is 4.47 Å². The standard InChI is InChI=1S/C13H10BrClN2O3/c1-17-6-7(14)4-11(17)12(18)16-10-5-8(15)2-3-9(10)13(19)20/h2-6H,1H3,(H,16,18)(H,19,20). The Morgan fingerprint density at radius 3 is 2.60 bits per heavy atom. The SMILES string of the molecule is Cn1cc(Br)cc1C(=O)Nc1cc(Cl)ccc1C(=O)O. The molecule has 0 unspecified atom stereocenters. The molecule has 20 heavy (non-hydrogen) atoms. The Balaban J connectivity index is 2.34. The van der Waals surface area contributed by atoms with Crippen molar-refractivity contribution in [1.29, 1.82) is 0 Å². The van der Waals surface area contributed by atoms with Crippen LogP contribution in [0.1, 0.15) is 20.8 Å². The predicted octanol–water partition coefficient (Wildman–Crippen LogP) is 3.39. The van der Waals surface area contributed by atoms with Crippen molar-refractivity contribution in [2.24, 2.45) is 7.05 Å². The molecule has 0 aliphatic rings. The van der Waals surface area contributed by atoms with E-state index in [0.29, 0.717) is 10.7 Å². The number of hydrogen-bond donors (Lipinski definition) is 2. The average molecular weight is 358 g/mol. The average Bonchev–Trinajstić information content (AvgIpc) is 2.68. The van der Waals surface area contributed by atoms with Crippen molar-refractivity contribution in [3.8, 4) is 0 Å². The molecule has 1 heterocycles. The highest BCUT2D eigenvalue weighted by atomic mass is 79.9. The zero-order valence-corrected chi connectivity index (χ0v) is 12.7. The first-order valence-electron chi connectivity index (χ1n) is 5.54. The Morgan fingerprint density at radius 1 is 1.35 bits per heavy atom. The van der Waals surface area contributed by atoms with Crippen LogP contribution < -0.4 is 5.32 Å². The molecule has 1 aromatic heterocycles. The van der Waals surface area contributed by atoms with Gasteiger partial charge >= 0.3 is 5.97 Å². The number of amides is 1. The van der Waals surface area contributed by atoms with Crippen LogP contribution in [-0.4, -0.2) is 21.6 Å². The van der Waals surface area contributed by atoms with E-state index in [1.54, 1.807) is 23.9 Å². The van der Waals surface area contributed by atoms with Crippen LogP contribution >= 0.6 is 27.5 Å². The molecule has 0 aliphatic heterocycles. The fraction of sp³-hybridized carbons (Fsp3) is 0.0769. The summed E-state index contributed by atoms with van der Waals surface area (Å²) in [6.07, 6.45) is 1.73. The van der Waals surface area contributed by atoms with Crippen LogP contribution in [0.5, 0.6) is 0 Å². The molecule has 0 atom stereocenters. The van der Waals surface area contributed by atoms with Gasteiger partial charge in [-0.3, -0.25) is 4.79 Å². The third-order valence-corrected chi connectivity index (χ3v) is 3.33. The highest BCUT2D eigenvalue weighted by molar-refractivity contribution is 9.10. The molecule has 0 spiro atoms. The lowest BCUT2D eigenvalue weighted by Gasteiger charge is -2.09. The van der Waals surface area contributed by atoms with Gasteiger partial charge in [0.05, 0.1) is 11.3 Å². The second kappa shape index (κ2) is 5.68. The number of hydrogen-bond acceptors (Lipinski definition) is 2. The lowest BCUT2D eigenvalue weighted by molar-refractivity contribution is 0.0698. The van der Waals surface area contributed by atoms with Crippen molar-refractivity contribution in [3.63, 3.8) is 0 Å². The number of carboxylic acid groups (broad SMARTS) is 1. The van der Waals surface area contributed by atoms with Crippen molar-refractivity contribution in [1.82, 2.24) is 4.57 Å². The largest absolute Gasteiger partial charge is 0.478 e. The number of benzene rings is 1. The number of carbonyl (C=O) groups excluding carboxylic acids is 1. The molecule has 2 aromatic rings. The molecule has 5 nitrogen and oxygen atoms in total. The van der Waals surface area contributed by atoms with Crippen LogP contribution in [0.25, 0.3) is 0 Å². The minimum atomic E-state index is -1.13. The maximum absolute atomic E-state index is 12.1. The normalized spacial score (nSPS) is 10.3. The Morgan fingerprint density at radius 2 is 2.05 bits per heavy atom. The van der Waals surface area contributed by atoms with E-state index < -0.39 is 11.9 Å². The molecule has 1 aromatic carbocycles. The maximum Gasteiger partial charge on any atom is 0.337 e. The number of carboxylic acids is 1. The van der Waals surface area contributed by atoms with Crippen molar-refractivity contribution >= 4 is 45.1 Å². The zero-order valence-electron chi connectivity index (χ0n) is 10.4. The Labute approximate surface area is 128 Å². The first-order chi connectivity index (χ1) is 9.38. The number of anilines is 1. The lowest BCUT2D eigenvalue weighted by atomic mass is 10.1. The van der Waals surface area contributed by atoms with Crippen LogP contribution in [0, 0.1) is 0 Å². The van der Waals surface area contributed by atoms with E-state index in [4.69, 9.17) is 16.7 Å². The van der Waals surface area contributed by atoms with Gasteiger partial charge in [0.15, 0.2) is 0 Å². The summed E-state index contributed by atoms with van der Waals surface area (Å²) in [5, 5.41) is 12.0. The molecule has 0 aliphatic carbocycles. The molecule has 0 saturated heterocycles. The number of carbonyl (C=O) groups is 2. The van der Waals surface area contributed by atoms with E-state index in [2.05, 4.69) is 21.2 Å². The number of nitrogens with one attached hydrogen (secondary N) is 1. The quantitative estimate of drug-likeness (QED) is 0.884. The highest BCUT2D eigenvalue weighted by Crippen LogP contribution is 2.22. The number of rotatable bonds is 3. The van der Waals surface area contributed by atoms with Crippen molar-refractivity contribution < 1.29 is 14.7 Å². The van der Waals surface area contributed by atoms with E-state index >= 15 is 0 Å². The second-order valence-electron chi connectivity index (χ2n) is 4.10. The minimum Gasteiger partial charge on any atom is -0.478 e. The molecule has 1 amide bonds. The lowest BCUT2D eigenvalue weighted by Crippen LogP contribution is -2.17. The van der Waals surface area contributed by atoms with Gasteiger partial charge < -0.3 is 15.0 Å². The van der Waals surface area contributed by atoms with Gasteiger partial charge in [0.2, 0.25) is 0 Å². The summed E-state index contributed by atoms with van der Waals surface area (Å²) in [4.78, 5) is 23.3. The van der Waals surface area contributed by atoms with Crippen molar-refractivity contribution in [3.05, 3.63) is 51.2 Å². The van der Waals surface area contributed by atoms with Crippen molar-refractivity contribution in [2.45, 2.75) is 0 Å². The predicted molar refractivity (Wildman–Crippen MR) is 79.5 cm³/mol. The van der Waals surface area contributed by atoms with Crippen LogP contribution in [0.15, 0.2) is 34.9 Å². The summed E-state index contributed by atoms with van der Waals surface area (Å²) in [7, 11) is 1.72. The van der Waals surface area contributed by atoms with E-state index in [1.165, 1.54) is 18.2 Å². The first-order valence-corrected chi connectivity index (χ1v) is 6.71. The van der Waals surface area contributed by atoms with Crippen LogP contribution in [0.3, 0.4) is 0 Å². The van der Waals surface area contributed by atoms with Gasteiger partial charge in [-0.05, 0) is 40.2 Å². The molecule has 0 saturated carbocycles. The Hall–Kier alpha value is -1.79. The monoisotopic (exact) mass is 356 g/mol. The van der Waals surface area contributed by atoms with Gasteiger partial charge in [0, 0.05) is 22.7 Å². The first kappa shape index (κ1) is 14.6. The van der Waals surface area contributed by atoms with Crippen LogP contribution in [0.4, 0.5) is 5.69 Å². The molecule has 0 radical (unpaired) electrons. The summed E-state index contributed by atoms with van der Waals surface area (Å²) >= 11 is 9.10. The summed E-state index contributed by atoms with van der Waals surface area (Å²) in [6, 6.07) is 5.85. The molecular weight excluding hydrogens is 348 g/mol. The summed E-state index contributed by atoms with van der Waals surface area (Å²) < 4.78 is 2.39. The van der Waals surface area contributed by atoms with Gasteiger partial charge in [0.25, 0.3) is 5.91 Å². The molecule has 0 fully saturated rings. The smallest absolute Gasteiger partial charge is 0.337 e. The van der Waals surface area contributed by atoms with Crippen LogP contribution in [0.2, 0.25) is 5.02 Å². The molecule has 7 heteroatoms. The molecule has 2 rings (SSSR count). The summed E-state index contributed by atoms with van der Waals surface area (Å²) in [5.41, 5.74) is 0.538. The maximum atomic E-state index is 12.1. The summed E-state index contributed by atoms with van der Waals surface area (Å²) in [5.74, 6) is -1.55. The molecular formula is C13H10BrClN2O3. The topological polar surface area (TPSA) is 71.3 Å². The van der Waals surface area contributed by atoms with E-state index in [9.17, 15) is 9.59 Å². The third-order valence-electron chi connectivity index (χ3n) is 2.66. The fourth-order valence-corrected chi connectivity index (χ4v) is 2.44. The number of halogens is 2. The third kappa shape index (κ3) is 3.02. The molecule has 2 N–H and O–H groups in total. The van der Waals surface area contributed by atoms with E-state index in [1.807, 2.05) is 0 Å². The fourth-order valence-electron chi connectivity index (χ4n) is 1.74. The number of aromatic carboxylic acids is 1. The van der Waals surface area contributed by atoms with Gasteiger partial charge in [-0.15, -0.1) is 0 Å². The second-order valence-corrected chi connectivity index (χ2v) is 5.46. The Kier molecular flexibility index (Phi) is 4.15. The number of nitrogens with zero attached hydrogens (tertiary/aromatic N) is 1. The van der Waals surface area contributed by atoms with E-state index in [-0.39, 0.29) is 11.3 Å². The van der Waals surface area contributed by atoms with Gasteiger partial charge in [-0.2, -0.15) is 0 Å². The minimum absolute atomic E-state index is 0.0176.